The van der Waals surface area contributed by atoms with Crippen molar-refractivity contribution in [2.24, 2.45) is 5.92 Å². The third-order valence-electron chi connectivity index (χ3n) is 2.88. The molecule has 0 bridgehead atoms. The number of anilines is 1. The molecule has 0 saturated heterocycles. The molecule has 0 aromatic heterocycles. The van der Waals surface area contributed by atoms with E-state index in [1.807, 2.05) is 24.3 Å². The van der Waals surface area contributed by atoms with E-state index in [-0.39, 0.29) is 11.8 Å². The molecule has 0 fully saturated rings. The van der Waals surface area contributed by atoms with Crippen LogP contribution in [0.1, 0.15) is 39.5 Å². The van der Waals surface area contributed by atoms with Crippen molar-refractivity contribution in [1.29, 1.82) is 0 Å². The predicted molar refractivity (Wildman–Crippen MR) is 81.1 cm³/mol. The summed E-state index contributed by atoms with van der Waals surface area (Å²) >= 11 is 2.26. The summed E-state index contributed by atoms with van der Waals surface area (Å²) in [6.07, 6.45) is 4.17. The Balaban J connectivity index is 2.54. The van der Waals surface area contributed by atoms with E-state index in [0.717, 1.165) is 31.4 Å². The van der Waals surface area contributed by atoms with Crippen molar-refractivity contribution in [3.63, 3.8) is 0 Å². The molecule has 3 heteroatoms. The van der Waals surface area contributed by atoms with Gasteiger partial charge in [-0.05, 0) is 59.7 Å². The van der Waals surface area contributed by atoms with Crippen LogP contribution in [-0.4, -0.2) is 5.91 Å². The average Bonchev–Trinajstić information content (AvgIpc) is 2.33. The molecule has 1 amide bonds. The highest BCUT2D eigenvalue weighted by molar-refractivity contribution is 14.1. The molecular formula is C14H20INO. The predicted octanol–water partition coefficient (Wildman–Crippen LogP) is 4.45. The number of unbranched alkanes of at least 4 members (excludes halogenated alkanes) is 1. The number of halogens is 1. The fourth-order valence-corrected chi connectivity index (χ4v) is 2.11. The molecule has 0 radical (unpaired) electrons. The first kappa shape index (κ1) is 14.5. The van der Waals surface area contributed by atoms with Gasteiger partial charge in [0.15, 0.2) is 0 Å². The van der Waals surface area contributed by atoms with Crippen LogP contribution in [0.15, 0.2) is 24.3 Å². The van der Waals surface area contributed by atoms with Crippen LogP contribution in [0.2, 0.25) is 0 Å². The number of rotatable bonds is 6. The van der Waals surface area contributed by atoms with Crippen molar-refractivity contribution in [3.8, 4) is 0 Å². The lowest BCUT2D eigenvalue weighted by molar-refractivity contribution is -0.120. The molecular weight excluding hydrogens is 325 g/mol. The number of carbonyl (C=O) groups excluding carboxylic acids is 1. The van der Waals surface area contributed by atoms with Crippen molar-refractivity contribution in [1.82, 2.24) is 0 Å². The van der Waals surface area contributed by atoms with Crippen LogP contribution in [-0.2, 0) is 4.79 Å². The Bertz CT molecular complexity index is 348. The summed E-state index contributed by atoms with van der Waals surface area (Å²) in [6.45, 7) is 4.23. The van der Waals surface area contributed by atoms with Gasteiger partial charge in [-0.3, -0.25) is 4.79 Å². The summed E-state index contributed by atoms with van der Waals surface area (Å²) in [4.78, 5) is 12.0. The molecule has 1 N–H and O–H groups in total. The zero-order chi connectivity index (χ0) is 12.7. The van der Waals surface area contributed by atoms with E-state index in [4.69, 9.17) is 0 Å². The lowest BCUT2D eigenvalue weighted by Crippen LogP contribution is -2.22. The number of carbonyl (C=O) groups is 1. The van der Waals surface area contributed by atoms with Crippen LogP contribution in [0.4, 0.5) is 5.69 Å². The fourth-order valence-electron chi connectivity index (χ4n) is 1.75. The molecule has 0 aliphatic carbocycles. The summed E-state index contributed by atoms with van der Waals surface area (Å²) in [6, 6.07) is 7.91. The zero-order valence-electron chi connectivity index (χ0n) is 10.5. The van der Waals surface area contributed by atoms with E-state index < -0.39 is 0 Å². The minimum Gasteiger partial charge on any atom is -0.326 e. The molecule has 1 atom stereocenters. The van der Waals surface area contributed by atoms with Gasteiger partial charge in [0.1, 0.15) is 0 Å². The second-order valence-electron chi connectivity index (χ2n) is 4.24. The highest BCUT2D eigenvalue weighted by Crippen LogP contribution is 2.17. The van der Waals surface area contributed by atoms with Gasteiger partial charge in [-0.25, -0.2) is 0 Å². The van der Waals surface area contributed by atoms with Gasteiger partial charge in [-0.2, -0.15) is 0 Å². The second-order valence-corrected chi connectivity index (χ2v) is 5.49. The number of nitrogens with one attached hydrogen (secondary N) is 1. The van der Waals surface area contributed by atoms with E-state index in [9.17, 15) is 4.79 Å². The van der Waals surface area contributed by atoms with Crippen molar-refractivity contribution in [3.05, 3.63) is 27.8 Å². The Kier molecular flexibility index (Phi) is 6.55. The Labute approximate surface area is 117 Å². The monoisotopic (exact) mass is 345 g/mol. The molecule has 0 heterocycles. The van der Waals surface area contributed by atoms with Gasteiger partial charge in [0.25, 0.3) is 0 Å². The van der Waals surface area contributed by atoms with E-state index in [0.29, 0.717) is 0 Å². The Morgan fingerprint density at radius 3 is 2.47 bits per heavy atom. The molecule has 0 saturated carbocycles. The minimum absolute atomic E-state index is 0.147. The van der Waals surface area contributed by atoms with Gasteiger partial charge in [-0.1, -0.05) is 26.7 Å². The lowest BCUT2D eigenvalue weighted by atomic mass is 9.98. The van der Waals surface area contributed by atoms with Gasteiger partial charge in [-0.15, -0.1) is 0 Å². The Morgan fingerprint density at radius 2 is 1.94 bits per heavy atom. The van der Waals surface area contributed by atoms with Crippen LogP contribution in [0, 0.1) is 9.49 Å². The summed E-state index contributed by atoms with van der Waals surface area (Å²) < 4.78 is 1.18. The molecule has 0 spiro atoms. The van der Waals surface area contributed by atoms with Crippen LogP contribution in [0.25, 0.3) is 0 Å². The van der Waals surface area contributed by atoms with Crippen molar-refractivity contribution < 1.29 is 4.79 Å². The SMILES string of the molecule is CCCC[C@H](CC)C(=O)Nc1ccc(I)cc1. The highest BCUT2D eigenvalue weighted by Gasteiger charge is 2.15. The van der Waals surface area contributed by atoms with Gasteiger partial charge in [0.2, 0.25) is 5.91 Å². The Hall–Kier alpha value is -0.580. The van der Waals surface area contributed by atoms with Gasteiger partial charge < -0.3 is 5.32 Å². The first-order valence-electron chi connectivity index (χ1n) is 6.23. The molecule has 94 valence electrons. The Morgan fingerprint density at radius 1 is 1.29 bits per heavy atom. The molecule has 0 aliphatic heterocycles. The molecule has 0 aliphatic rings. The van der Waals surface area contributed by atoms with Crippen molar-refractivity contribution in [2.75, 3.05) is 5.32 Å². The maximum Gasteiger partial charge on any atom is 0.227 e. The number of amides is 1. The molecule has 1 aromatic rings. The molecule has 1 aromatic carbocycles. The van der Waals surface area contributed by atoms with Crippen molar-refractivity contribution >= 4 is 34.2 Å². The fraction of sp³-hybridized carbons (Fsp3) is 0.500. The third-order valence-corrected chi connectivity index (χ3v) is 3.60. The van der Waals surface area contributed by atoms with E-state index in [1.54, 1.807) is 0 Å². The molecule has 17 heavy (non-hydrogen) atoms. The van der Waals surface area contributed by atoms with Crippen LogP contribution in [0.3, 0.4) is 0 Å². The third kappa shape index (κ3) is 5.06. The van der Waals surface area contributed by atoms with Crippen LogP contribution >= 0.6 is 22.6 Å². The molecule has 0 unspecified atom stereocenters. The van der Waals surface area contributed by atoms with Crippen LogP contribution in [0.5, 0.6) is 0 Å². The maximum absolute atomic E-state index is 12.0. The molecule has 2 nitrogen and oxygen atoms in total. The topological polar surface area (TPSA) is 29.1 Å². The molecule has 1 rings (SSSR count). The van der Waals surface area contributed by atoms with E-state index >= 15 is 0 Å². The normalized spacial score (nSPS) is 12.2. The lowest BCUT2D eigenvalue weighted by Gasteiger charge is -2.14. The summed E-state index contributed by atoms with van der Waals surface area (Å²) in [7, 11) is 0. The van der Waals surface area contributed by atoms with Gasteiger partial charge >= 0.3 is 0 Å². The number of hydrogen-bond acceptors (Lipinski definition) is 1. The average molecular weight is 345 g/mol. The number of benzene rings is 1. The van der Waals surface area contributed by atoms with Gasteiger partial charge in [0, 0.05) is 15.2 Å². The smallest absolute Gasteiger partial charge is 0.227 e. The summed E-state index contributed by atoms with van der Waals surface area (Å²) in [5.41, 5.74) is 0.894. The maximum atomic E-state index is 12.0. The van der Waals surface area contributed by atoms with E-state index in [2.05, 4.69) is 41.8 Å². The standard InChI is InChI=1S/C14H20INO/c1-3-5-6-11(4-2)14(17)16-13-9-7-12(15)8-10-13/h7-11H,3-6H2,1-2H3,(H,16,17)/t11-/m0/s1. The largest absolute Gasteiger partial charge is 0.326 e. The number of hydrogen-bond donors (Lipinski definition) is 1. The first-order valence-corrected chi connectivity index (χ1v) is 7.31. The van der Waals surface area contributed by atoms with Gasteiger partial charge in [0.05, 0.1) is 0 Å². The van der Waals surface area contributed by atoms with E-state index in [1.165, 1.54) is 3.57 Å². The first-order chi connectivity index (χ1) is 8.17. The van der Waals surface area contributed by atoms with Crippen molar-refractivity contribution in [2.45, 2.75) is 39.5 Å². The second kappa shape index (κ2) is 7.69. The summed E-state index contributed by atoms with van der Waals surface area (Å²) in [5, 5.41) is 2.99. The quantitative estimate of drug-likeness (QED) is 0.759. The minimum atomic E-state index is 0.147. The summed E-state index contributed by atoms with van der Waals surface area (Å²) in [5.74, 6) is 0.302. The van der Waals surface area contributed by atoms with Crippen LogP contribution < -0.4 is 5.32 Å². The highest BCUT2D eigenvalue weighted by atomic mass is 127. The zero-order valence-corrected chi connectivity index (χ0v) is 12.7.